The Morgan fingerprint density at radius 2 is 0.870 bits per heavy atom. The lowest BCUT2D eigenvalue weighted by Gasteiger charge is -2.28. The third-order valence-electron chi connectivity index (χ3n) is 9.42. The Hall–Kier alpha value is -5.92. The van der Waals surface area contributed by atoms with Gasteiger partial charge in [-0.25, -0.2) is 0 Å². The van der Waals surface area contributed by atoms with Gasteiger partial charge < -0.3 is 4.90 Å². The van der Waals surface area contributed by atoms with Crippen molar-refractivity contribution >= 4 is 61.0 Å². The van der Waals surface area contributed by atoms with Crippen LogP contribution in [0.15, 0.2) is 170 Å². The SMILES string of the molecule is C(=C1\Cc2ccc3ccccc3c2-c2c1c1ccccc1c1ccccc21)/c1ccc(N(c2ccccc2)c2ccccc2)cc1. The highest BCUT2D eigenvalue weighted by molar-refractivity contribution is 6.23. The number of benzene rings is 8. The number of anilines is 3. The maximum atomic E-state index is 2.41. The molecule has 1 heteroatoms. The zero-order valence-corrected chi connectivity index (χ0v) is 25.4. The second kappa shape index (κ2) is 10.9. The van der Waals surface area contributed by atoms with Crippen LogP contribution in [-0.2, 0) is 6.42 Å². The first kappa shape index (κ1) is 26.5. The van der Waals surface area contributed by atoms with Crippen LogP contribution in [0.2, 0.25) is 0 Å². The van der Waals surface area contributed by atoms with Crippen LogP contribution in [-0.4, -0.2) is 0 Å². The molecule has 1 aliphatic rings. The minimum atomic E-state index is 0.886. The van der Waals surface area contributed by atoms with Gasteiger partial charge in [-0.15, -0.1) is 0 Å². The van der Waals surface area contributed by atoms with Crippen LogP contribution in [0.4, 0.5) is 17.1 Å². The zero-order chi connectivity index (χ0) is 30.5. The van der Waals surface area contributed by atoms with E-state index in [1.165, 1.54) is 65.7 Å². The standard InChI is InChI=1S/C45H31N/c1-3-14-35(15-4-1)46(36-16-5-2-6-17-36)37-27-23-31(24-28-37)29-34-30-33-26-25-32-13-7-8-18-38(32)43(33)45-42-22-12-10-20-40(42)39-19-9-11-21-41(39)44(34)45/h1-29H,30H2/b34-29-. The van der Waals surface area contributed by atoms with Crippen molar-refractivity contribution in [2.24, 2.45) is 0 Å². The average Bonchev–Trinajstić information content (AvgIpc) is 3.13. The summed E-state index contributed by atoms with van der Waals surface area (Å²) in [6, 6.07) is 61.6. The predicted molar refractivity (Wildman–Crippen MR) is 197 cm³/mol. The molecule has 8 aromatic rings. The lowest BCUT2D eigenvalue weighted by molar-refractivity contribution is 1.27. The summed E-state index contributed by atoms with van der Waals surface area (Å²) in [5, 5.41) is 7.86. The molecule has 1 nitrogen and oxygen atoms in total. The molecule has 8 aromatic carbocycles. The second-order valence-electron chi connectivity index (χ2n) is 12.1. The molecule has 0 saturated carbocycles. The van der Waals surface area contributed by atoms with E-state index in [1.807, 2.05) is 0 Å². The van der Waals surface area contributed by atoms with Crippen LogP contribution in [0.3, 0.4) is 0 Å². The van der Waals surface area contributed by atoms with Crippen LogP contribution in [0.1, 0.15) is 16.7 Å². The van der Waals surface area contributed by atoms with E-state index in [0.29, 0.717) is 0 Å². The Morgan fingerprint density at radius 3 is 1.50 bits per heavy atom. The van der Waals surface area contributed by atoms with Crippen LogP contribution < -0.4 is 4.90 Å². The number of fused-ring (bicyclic) bond motifs is 10. The van der Waals surface area contributed by atoms with Crippen molar-refractivity contribution in [2.45, 2.75) is 6.42 Å². The highest BCUT2D eigenvalue weighted by Gasteiger charge is 2.26. The normalized spacial score (nSPS) is 13.2. The Balaban J connectivity index is 1.25. The van der Waals surface area contributed by atoms with Crippen molar-refractivity contribution in [3.8, 4) is 11.1 Å². The van der Waals surface area contributed by atoms with E-state index in [2.05, 4.69) is 181 Å². The van der Waals surface area contributed by atoms with Gasteiger partial charge in [0.05, 0.1) is 0 Å². The van der Waals surface area contributed by atoms with Crippen LogP contribution >= 0.6 is 0 Å². The Kier molecular flexibility index (Phi) is 6.28. The molecule has 9 rings (SSSR count). The summed E-state index contributed by atoms with van der Waals surface area (Å²) >= 11 is 0. The van der Waals surface area contributed by atoms with Crippen molar-refractivity contribution in [1.82, 2.24) is 0 Å². The van der Waals surface area contributed by atoms with Crippen molar-refractivity contribution in [3.63, 3.8) is 0 Å². The van der Waals surface area contributed by atoms with E-state index in [0.717, 1.165) is 23.5 Å². The quantitative estimate of drug-likeness (QED) is 0.186. The van der Waals surface area contributed by atoms with E-state index >= 15 is 0 Å². The van der Waals surface area contributed by atoms with Gasteiger partial charge in [0.1, 0.15) is 0 Å². The van der Waals surface area contributed by atoms with Gasteiger partial charge in [-0.3, -0.25) is 0 Å². The smallest absolute Gasteiger partial charge is 0.0462 e. The van der Waals surface area contributed by atoms with Crippen molar-refractivity contribution < 1.29 is 0 Å². The number of hydrogen-bond acceptors (Lipinski definition) is 1. The number of hydrogen-bond donors (Lipinski definition) is 0. The molecule has 1 aliphatic carbocycles. The first-order chi connectivity index (χ1) is 22.8. The van der Waals surface area contributed by atoms with Gasteiger partial charge >= 0.3 is 0 Å². The van der Waals surface area contributed by atoms with Gasteiger partial charge in [0.2, 0.25) is 0 Å². The molecule has 0 unspecified atom stereocenters. The molecule has 0 aliphatic heterocycles. The van der Waals surface area contributed by atoms with Gasteiger partial charge in [-0.2, -0.15) is 0 Å². The monoisotopic (exact) mass is 585 g/mol. The molecule has 0 amide bonds. The lowest BCUT2D eigenvalue weighted by Crippen LogP contribution is -2.09. The largest absolute Gasteiger partial charge is 0.311 e. The summed E-state index contributed by atoms with van der Waals surface area (Å²) in [6.07, 6.45) is 3.30. The summed E-state index contributed by atoms with van der Waals surface area (Å²) in [7, 11) is 0. The molecular formula is C45H31N. The van der Waals surface area contributed by atoms with Crippen molar-refractivity contribution in [2.75, 3.05) is 4.90 Å². The molecule has 0 radical (unpaired) electrons. The van der Waals surface area contributed by atoms with E-state index in [9.17, 15) is 0 Å². The molecule has 0 heterocycles. The maximum Gasteiger partial charge on any atom is 0.0462 e. The van der Waals surface area contributed by atoms with Crippen LogP contribution in [0, 0.1) is 0 Å². The number of nitrogens with zero attached hydrogens (tertiary/aromatic N) is 1. The Labute approximate surface area is 269 Å². The summed E-state index contributed by atoms with van der Waals surface area (Å²) < 4.78 is 0. The molecule has 0 saturated heterocycles. The Bertz CT molecular complexity index is 2380. The molecule has 0 fully saturated rings. The highest BCUT2D eigenvalue weighted by Crippen LogP contribution is 2.50. The molecule has 0 N–H and O–H groups in total. The fraction of sp³-hybridized carbons (Fsp3) is 0.0222. The van der Waals surface area contributed by atoms with Gasteiger partial charge in [-0.05, 0) is 109 Å². The third-order valence-corrected chi connectivity index (χ3v) is 9.42. The fourth-order valence-corrected chi connectivity index (χ4v) is 7.43. The first-order valence-corrected chi connectivity index (χ1v) is 16.0. The van der Waals surface area contributed by atoms with Gasteiger partial charge in [-0.1, -0.05) is 140 Å². The van der Waals surface area contributed by atoms with Gasteiger partial charge in [0.15, 0.2) is 0 Å². The number of para-hydroxylation sites is 2. The molecule has 0 bridgehead atoms. The summed E-state index contributed by atoms with van der Waals surface area (Å²) in [5.74, 6) is 0. The summed E-state index contributed by atoms with van der Waals surface area (Å²) in [5.41, 5.74) is 11.5. The van der Waals surface area contributed by atoms with E-state index < -0.39 is 0 Å². The third kappa shape index (κ3) is 4.32. The fourth-order valence-electron chi connectivity index (χ4n) is 7.43. The van der Waals surface area contributed by atoms with Gasteiger partial charge in [0, 0.05) is 17.1 Å². The average molecular weight is 586 g/mol. The van der Waals surface area contributed by atoms with Crippen LogP contribution in [0.5, 0.6) is 0 Å². The molecule has 0 spiro atoms. The van der Waals surface area contributed by atoms with E-state index in [-0.39, 0.29) is 0 Å². The van der Waals surface area contributed by atoms with Crippen molar-refractivity contribution in [1.29, 1.82) is 0 Å². The second-order valence-corrected chi connectivity index (χ2v) is 12.1. The minimum Gasteiger partial charge on any atom is -0.311 e. The summed E-state index contributed by atoms with van der Waals surface area (Å²) in [6.45, 7) is 0. The number of allylic oxidation sites excluding steroid dienone is 1. The molecule has 216 valence electrons. The number of rotatable bonds is 4. The zero-order valence-electron chi connectivity index (χ0n) is 25.4. The molecular weight excluding hydrogens is 555 g/mol. The van der Waals surface area contributed by atoms with Crippen LogP contribution in [0.25, 0.3) is 55.1 Å². The van der Waals surface area contributed by atoms with Crippen molar-refractivity contribution in [3.05, 3.63) is 187 Å². The maximum absolute atomic E-state index is 2.41. The summed E-state index contributed by atoms with van der Waals surface area (Å²) in [4.78, 5) is 2.31. The molecule has 0 atom stereocenters. The Morgan fingerprint density at radius 1 is 0.370 bits per heavy atom. The highest BCUT2D eigenvalue weighted by atomic mass is 15.1. The topological polar surface area (TPSA) is 3.24 Å². The minimum absolute atomic E-state index is 0.886. The predicted octanol–water partition coefficient (Wildman–Crippen LogP) is 12.4. The molecule has 0 aromatic heterocycles. The van der Waals surface area contributed by atoms with E-state index in [4.69, 9.17) is 0 Å². The lowest BCUT2D eigenvalue weighted by atomic mass is 9.75. The van der Waals surface area contributed by atoms with Gasteiger partial charge in [0.25, 0.3) is 0 Å². The molecule has 46 heavy (non-hydrogen) atoms. The van der Waals surface area contributed by atoms with E-state index in [1.54, 1.807) is 0 Å². The first-order valence-electron chi connectivity index (χ1n) is 16.0.